The first-order valence-corrected chi connectivity index (χ1v) is 9.68. The number of nitrogens with zero attached hydrogens (tertiary/aromatic N) is 3. The summed E-state index contributed by atoms with van der Waals surface area (Å²) in [6.45, 7) is 11.7. The Morgan fingerprint density at radius 1 is 1.22 bits per heavy atom. The maximum atomic E-state index is 5.20. The van der Waals surface area contributed by atoms with Crippen molar-refractivity contribution in [3.63, 3.8) is 0 Å². The third kappa shape index (κ3) is 6.96. The molecule has 1 heterocycles. The summed E-state index contributed by atoms with van der Waals surface area (Å²) in [5.74, 6) is 2.17. The largest absolute Gasteiger partial charge is 0.497 e. The average Bonchev–Trinajstić information content (AvgIpc) is 2.97. The van der Waals surface area contributed by atoms with Crippen LogP contribution in [0.15, 0.2) is 35.3 Å². The summed E-state index contributed by atoms with van der Waals surface area (Å²) in [7, 11) is 1.69. The van der Waals surface area contributed by atoms with Gasteiger partial charge in [-0.15, -0.1) is 0 Å². The van der Waals surface area contributed by atoms with Gasteiger partial charge in [-0.2, -0.15) is 5.10 Å². The van der Waals surface area contributed by atoms with E-state index < -0.39 is 0 Å². The molecule has 1 aromatic carbocycles. The first-order valence-electron chi connectivity index (χ1n) is 9.68. The fourth-order valence-electron chi connectivity index (χ4n) is 2.92. The number of aliphatic imine (C=N–C) groups is 1. The van der Waals surface area contributed by atoms with Crippen molar-refractivity contribution in [3.05, 3.63) is 47.3 Å². The fourth-order valence-corrected chi connectivity index (χ4v) is 2.92. The maximum absolute atomic E-state index is 5.20. The van der Waals surface area contributed by atoms with Crippen LogP contribution >= 0.6 is 0 Å². The Balaban J connectivity index is 1.82. The van der Waals surface area contributed by atoms with Crippen LogP contribution in [0.4, 0.5) is 0 Å². The second-order valence-corrected chi connectivity index (χ2v) is 6.96. The summed E-state index contributed by atoms with van der Waals surface area (Å²) < 4.78 is 7.27. The number of rotatable bonds is 9. The molecule has 2 aromatic rings. The van der Waals surface area contributed by atoms with Gasteiger partial charge >= 0.3 is 0 Å². The molecule has 0 aliphatic carbocycles. The molecule has 0 saturated carbocycles. The molecule has 1 unspecified atom stereocenters. The average molecular weight is 372 g/mol. The highest BCUT2D eigenvalue weighted by Gasteiger charge is 2.07. The minimum Gasteiger partial charge on any atom is -0.497 e. The second-order valence-electron chi connectivity index (χ2n) is 6.96. The topological polar surface area (TPSA) is 63.5 Å². The van der Waals surface area contributed by atoms with E-state index in [0.717, 1.165) is 50.0 Å². The molecular formula is C21H33N5O. The van der Waals surface area contributed by atoms with Crippen LogP contribution in [-0.2, 0) is 13.0 Å². The van der Waals surface area contributed by atoms with Crippen molar-refractivity contribution < 1.29 is 4.74 Å². The van der Waals surface area contributed by atoms with Gasteiger partial charge in [-0.3, -0.25) is 9.67 Å². The molecule has 2 rings (SSSR count). The molecule has 148 valence electrons. The highest BCUT2D eigenvalue weighted by Crippen LogP contribution is 2.11. The molecule has 0 spiro atoms. The summed E-state index contributed by atoms with van der Waals surface area (Å²) >= 11 is 0. The maximum Gasteiger partial charge on any atom is 0.191 e. The molecule has 0 saturated heterocycles. The molecule has 6 heteroatoms. The van der Waals surface area contributed by atoms with Gasteiger partial charge in [0.05, 0.1) is 12.8 Å². The van der Waals surface area contributed by atoms with Crippen LogP contribution in [0.5, 0.6) is 5.75 Å². The molecule has 27 heavy (non-hydrogen) atoms. The Morgan fingerprint density at radius 3 is 2.56 bits per heavy atom. The van der Waals surface area contributed by atoms with E-state index in [0.29, 0.717) is 5.92 Å². The van der Waals surface area contributed by atoms with Crippen molar-refractivity contribution in [2.24, 2.45) is 10.9 Å². The van der Waals surface area contributed by atoms with Gasteiger partial charge in [0.2, 0.25) is 0 Å². The van der Waals surface area contributed by atoms with Crippen LogP contribution in [0, 0.1) is 19.8 Å². The number of methoxy groups -OCH3 is 1. The van der Waals surface area contributed by atoms with Crippen molar-refractivity contribution >= 4 is 5.96 Å². The first-order chi connectivity index (χ1) is 13.0. The molecule has 1 aromatic heterocycles. The Hall–Kier alpha value is -2.50. The van der Waals surface area contributed by atoms with Gasteiger partial charge < -0.3 is 15.4 Å². The van der Waals surface area contributed by atoms with Gasteiger partial charge in [0.25, 0.3) is 0 Å². The van der Waals surface area contributed by atoms with Crippen LogP contribution in [0.3, 0.4) is 0 Å². The molecule has 0 aliphatic rings. The summed E-state index contributed by atoms with van der Waals surface area (Å²) in [5.41, 5.74) is 3.54. The van der Waals surface area contributed by atoms with Crippen LogP contribution in [0.25, 0.3) is 0 Å². The van der Waals surface area contributed by atoms with Crippen molar-refractivity contribution in [2.75, 3.05) is 26.7 Å². The van der Waals surface area contributed by atoms with Crippen LogP contribution < -0.4 is 15.4 Å². The zero-order chi connectivity index (χ0) is 19.6. The van der Waals surface area contributed by atoms with Gasteiger partial charge in [0.15, 0.2) is 5.96 Å². The lowest BCUT2D eigenvalue weighted by Gasteiger charge is -2.14. The molecule has 6 nitrogen and oxygen atoms in total. The van der Waals surface area contributed by atoms with Gasteiger partial charge in [0.1, 0.15) is 5.75 Å². The number of benzene rings is 1. The zero-order valence-corrected chi connectivity index (χ0v) is 17.2. The number of aromatic nitrogens is 2. The summed E-state index contributed by atoms with van der Waals surface area (Å²) in [6, 6.07) is 10.3. The van der Waals surface area contributed by atoms with E-state index in [9.17, 15) is 0 Å². The lowest BCUT2D eigenvalue weighted by atomic mass is 10.1. The van der Waals surface area contributed by atoms with Gasteiger partial charge in [-0.25, -0.2) is 0 Å². The third-order valence-corrected chi connectivity index (χ3v) is 4.36. The molecule has 0 fully saturated rings. The van der Waals surface area contributed by atoms with Crippen molar-refractivity contribution in [1.29, 1.82) is 0 Å². The Morgan fingerprint density at radius 2 is 1.96 bits per heavy atom. The number of hydrogen-bond acceptors (Lipinski definition) is 3. The van der Waals surface area contributed by atoms with Gasteiger partial charge in [-0.1, -0.05) is 19.1 Å². The lowest BCUT2D eigenvalue weighted by molar-refractivity contribution is 0.414. The Kier molecular flexibility index (Phi) is 8.17. The number of nitrogens with one attached hydrogen (secondary N) is 2. The fraction of sp³-hybridized carbons (Fsp3) is 0.524. The van der Waals surface area contributed by atoms with Crippen LogP contribution in [0.1, 0.15) is 30.8 Å². The number of ether oxygens (including phenoxy) is 1. The van der Waals surface area contributed by atoms with E-state index in [-0.39, 0.29) is 0 Å². The minimum absolute atomic E-state index is 0.417. The minimum atomic E-state index is 0.417. The Bertz CT molecular complexity index is 721. The predicted molar refractivity (Wildman–Crippen MR) is 112 cm³/mol. The normalized spacial score (nSPS) is 12.7. The zero-order valence-electron chi connectivity index (χ0n) is 17.2. The molecule has 1 atom stereocenters. The smallest absolute Gasteiger partial charge is 0.191 e. The number of guanidine groups is 1. The predicted octanol–water partition coefficient (Wildman–Crippen LogP) is 2.94. The van der Waals surface area contributed by atoms with E-state index in [1.165, 1.54) is 11.3 Å². The molecular weight excluding hydrogens is 338 g/mol. The van der Waals surface area contributed by atoms with E-state index in [2.05, 4.69) is 59.4 Å². The SMILES string of the molecule is CCNC(=NCC(C)Cn1nc(C)cc1C)NCCc1ccc(OC)cc1. The second kappa shape index (κ2) is 10.6. The number of aryl methyl sites for hydroxylation is 2. The highest BCUT2D eigenvalue weighted by molar-refractivity contribution is 5.79. The van der Waals surface area contributed by atoms with E-state index in [1.54, 1.807) is 7.11 Å². The van der Waals surface area contributed by atoms with Crippen molar-refractivity contribution in [2.45, 2.75) is 40.7 Å². The van der Waals surface area contributed by atoms with E-state index in [1.807, 2.05) is 19.1 Å². The summed E-state index contributed by atoms with van der Waals surface area (Å²) in [6.07, 6.45) is 0.940. The van der Waals surface area contributed by atoms with Gasteiger partial charge in [0, 0.05) is 31.9 Å². The summed E-state index contributed by atoms with van der Waals surface area (Å²) in [5, 5.41) is 11.3. The molecule has 0 bridgehead atoms. The summed E-state index contributed by atoms with van der Waals surface area (Å²) in [4.78, 5) is 4.74. The monoisotopic (exact) mass is 371 g/mol. The quantitative estimate of drug-likeness (QED) is 0.525. The standard InChI is InChI=1S/C21H33N5O/c1-6-22-21(23-12-11-19-7-9-20(27-5)10-8-19)24-14-16(2)15-26-18(4)13-17(3)25-26/h7-10,13,16H,6,11-12,14-15H2,1-5H3,(H2,22,23,24). The molecule has 2 N–H and O–H groups in total. The van der Waals surface area contributed by atoms with E-state index in [4.69, 9.17) is 9.73 Å². The molecule has 0 radical (unpaired) electrons. The van der Waals surface area contributed by atoms with Crippen molar-refractivity contribution in [1.82, 2.24) is 20.4 Å². The number of hydrogen-bond donors (Lipinski definition) is 2. The van der Waals surface area contributed by atoms with Crippen LogP contribution in [-0.4, -0.2) is 42.5 Å². The third-order valence-electron chi connectivity index (χ3n) is 4.36. The van der Waals surface area contributed by atoms with Gasteiger partial charge in [-0.05, 0) is 56.9 Å². The Labute approximate surface area is 163 Å². The molecule has 0 aliphatic heterocycles. The first kappa shape index (κ1) is 20.8. The van der Waals surface area contributed by atoms with Crippen molar-refractivity contribution in [3.8, 4) is 5.75 Å². The van der Waals surface area contributed by atoms with E-state index >= 15 is 0 Å². The lowest BCUT2D eigenvalue weighted by Crippen LogP contribution is -2.38. The molecule has 0 amide bonds. The highest BCUT2D eigenvalue weighted by atomic mass is 16.5. The van der Waals surface area contributed by atoms with Crippen LogP contribution in [0.2, 0.25) is 0 Å².